The van der Waals surface area contributed by atoms with Gasteiger partial charge in [-0.2, -0.15) is 0 Å². The predicted molar refractivity (Wildman–Crippen MR) is 93.6 cm³/mol. The Morgan fingerprint density at radius 3 is 2.72 bits per heavy atom. The maximum Gasteiger partial charge on any atom is 0.147 e. The van der Waals surface area contributed by atoms with E-state index in [4.69, 9.17) is 10.3 Å². The van der Waals surface area contributed by atoms with Crippen molar-refractivity contribution in [3.05, 3.63) is 39.5 Å². The summed E-state index contributed by atoms with van der Waals surface area (Å²) < 4.78 is 49.1. The van der Waals surface area contributed by atoms with Crippen molar-refractivity contribution < 1.29 is 18.1 Å². The third kappa shape index (κ3) is 4.23. The third-order valence-electron chi connectivity index (χ3n) is 3.76. The fourth-order valence-electron chi connectivity index (χ4n) is 2.45. The Bertz CT molecular complexity index is 744. The van der Waals surface area contributed by atoms with Crippen LogP contribution in [0.15, 0.2) is 21.6 Å². The summed E-state index contributed by atoms with van der Waals surface area (Å²) in [6.07, 6.45) is 0.0816. The molecular weight excluding hydrogens is 350 g/mol. The maximum absolute atomic E-state index is 14.0. The highest BCUT2D eigenvalue weighted by Crippen LogP contribution is 2.40. The van der Waals surface area contributed by atoms with Crippen molar-refractivity contribution in [2.24, 2.45) is 9.51 Å². The van der Waals surface area contributed by atoms with Crippen molar-refractivity contribution in [2.45, 2.75) is 44.5 Å². The van der Waals surface area contributed by atoms with Crippen LogP contribution in [0, 0.1) is 5.82 Å². The minimum atomic E-state index is -1.53. The second-order valence-electron chi connectivity index (χ2n) is 6.96. The molecule has 0 saturated heterocycles. The molecular formula is C16H20F2N4O2S. The molecule has 0 N–H and O–H groups in total. The zero-order chi connectivity index (χ0) is 18.8. The molecule has 0 radical (unpaired) electrons. The number of azide groups is 1. The summed E-state index contributed by atoms with van der Waals surface area (Å²) in [6.45, 7) is 5.85. The number of ether oxygens (including phenoxy) is 1. The van der Waals surface area contributed by atoms with E-state index in [-0.39, 0.29) is 13.0 Å². The highest BCUT2D eigenvalue weighted by Gasteiger charge is 2.41. The molecule has 2 atom stereocenters. The molecule has 0 aliphatic carbocycles. The molecule has 25 heavy (non-hydrogen) atoms. The lowest BCUT2D eigenvalue weighted by molar-refractivity contribution is 0.0729. The smallest absolute Gasteiger partial charge is 0.147 e. The molecule has 0 bridgehead atoms. The first-order valence-electron chi connectivity index (χ1n) is 7.68. The van der Waals surface area contributed by atoms with Gasteiger partial charge in [0.2, 0.25) is 0 Å². The van der Waals surface area contributed by atoms with Crippen molar-refractivity contribution in [3.8, 4) is 5.75 Å². The average molecular weight is 370 g/mol. The fourth-order valence-corrected chi connectivity index (χ4v) is 3.07. The Balaban J connectivity index is 2.45. The summed E-state index contributed by atoms with van der Waals surface area (Å²) in [7, 11) is 0. The predicted octanol–water partition coefficient (Wildman–Crippen LogP) is 4.05. The molecule has 1 aliphatic heterocycles. The van der Waals surface area contributed by atoms with Gasteiger partial charge in [-0.3, -0.25) is 0 Å². The second kappa shape index (κ2) is 7.19. The van der Waals surface area contributed by atoms with Crippen LogP contribution in [-0.4, -0.2) is 33.8 Å². The van der Waals surface area contributed by atoms with E-state index in [1.165, 1.54) is 12.1 Å². The zero-order valence-electron chi connectivity index (χ0n) is 14.5. The number of rotatable bonds is 5. The van der Waals surface area contributed by atoms with E-state index in [1.54, 1.807) is 27.7 Å². The van der Waals surface area contributed by atoms with Crippen LogP contribution in [0.1, 0.15) is 38.8 Å². The van der Waals surface area contributed by atoms with Crippen molar-refractivity contribution >= 4 is 17.1 Å². The van der Waals surface area contributed by atoms with E-state index in [0.29, 0.717) is 22.6 Å². The molecule has 0 aromatic heterocycles. The normalized spacial score (nSPS) is 21.3. The molecule has 1 aromatic carbocycles. The van der Waals surface area contributed by atoms with E-state index >= 15 is 0 Å². The standard InChI is InChI=1S/C16H20F2N4O2S/c1-10(21-25(23)15(2,3)4)13-6-12(18)5-11-7-16(8-17,9-20-22-19)24-14(11)13/h5-6H,7-9H2,1-4H3. The van der Waals surface area contributed by atoms with Gasteiger partial charge in [-0.05, 0) is 45.4 Å². The van der Waals surface area contributed by atoms with Gasteiger partial charge in [-0.1, -0.05) is 9.51 Å². The number of halogens is 2. The van der Waals surface area contributed by atoms with E-state index in [1.807, 2.05) is 0 Å². The summed E-state index contributed by atoms with van der Waals surface area (Å²) >= 11 is -1.53. The van der Waals surface area contributed by atoms with Gasteiger partial charge in [-0.25, -0.2) is 8.78 Å². The average Bonchev–Trinajstić information content (AvgIpc) is 2.90. The molecule has 0 spiro atoms. The Kier molecular flexibility index (Phi) is 5.61. The largest absolute Gasteiger partial charge is 0.591 e. The van der Waals surface area contributed by atoms with E-state index in [9.17, 15) is 13.3 Å². The van der Waals surface area contributed by atoms with Crippen LogP contribution < -0.4 is 4.74 Å². The van der Waals surface area contributed by atoms with Gasteiger partial charge in [0.1, 0.15) is 40.0 Å². The molecule has 1 heterocycles. The molecule has 1 aromatic rings. The number of alkyl halides is 1. The van der Waals surface area contributed by atoms with Crippen LogP contribution in [-0.2, 0) is 17.8 Å². The zero-order valence-corrected chi connectivity index (χ0v) is 15.4. The van der Waals surface area contributed by atoms with Crippen LogP contribution in [0.25, 0.3) is 10.4 Å². The van der Waals surface area contributed by atoms with E-state index in [2.05, 4.69) is 14.4 Å². The van der Waals surface area contributed by atoms with Gasteiger partial charge in [0.15, 0.2) is 0 Å². The highest BCUT2D eigenvalue weighted by atomic mass is 32.2. The second-order valence-corrected chi connectivity index (χ2v) is 8.87. The number of hydrogen-bond acceptors (Lipinski definition) is 4. The number of nitrogens with zero attached hydrogens (tertiary/aromatic N) is 4. The lowest BCUT2D eigenvalue weighted by Gasteiger charge is -2.23. The molecule has 0 saturated carbocycles. The lowest BCUT2D eigenvalue weighted by atomic mass is 9.97. The van der Waals surface area contributed by atoms with E-state index in [0.717, 1.165) is 0 Å². The topological polar surface area (TPSA) is 93.4 Å². The third-order valence-corrected chi connectivity index (χ3v) is 5.25. The Morgan fingerprint density at radius 1 is 1.48 bits per heavy atom. The van der Waals surface area contributed by atoms with Crippen molar-refractivity contribution in [1.82, 2.24) is 0 Å². The number of benzene rings is 1. The molecule has 136 valence electrons. The van der Waals surface area contributed by atoms with Gasteiger partial charge in [0.05, 0.1) is 12.3 Å². The van der Waals surface area contributed by atoms with Gasteiger partial charge in [0, 0.05) is 22.5 Å². The van der Waals surface area contributed by atoms with Crippen LogP contribution in [0.2, 0.25) is 0 Å². The maximum atomic E-state index is 14.0. The van der Waals surface area contributed by atoms with Gasteiger partial charge >= 0.3 is 0 Å². The Hall–Kier alpha value is -1.83. The lowest BCUT2D eigenvalue weighted by Crippen LogP contribution is -2.40. The van der Waals surface area contributed by atoms with Crippen LogP contribution in [0.4, 0.5) is 8.78 Å². The van der Waals surface area contributed by atoms with Gasteiger partial charge < -0.3 is 9.29 Å². The molecule has 0 amide bonds. The first-order valence-corrected chi connectivity index (χ1v) is 8.78. The van der Waals surface area contributed by atoms with Gasteiger partial charge in [0.25, 0.3) is 0 Å². The fraction of sp³-hybridized carbons (Fsp3) is 0.562. The first kappa shape index (κ1) is 19.5. The van der Waals surface area contributed by atoms with Crippen LogP contribution >= 0.6 is 0 Å². The summed E-state index contributed by atoms with van der Waals surface area (Å²) in [6, 6.07) is 2.49. The monoisotopic (exact) mass is 370 g/mol. The van der Waals surface area contributed by atoms with Crippen molar-refractivity contribution in [3.63, 3.8) is 0 Å². The first-order chi connectivity index (χ1) is 11.6. The number of hydrogen-bond donors (Lipinski definition) is 0. The molecule has 1 aliphatic rings. The van der Waals surface area contributed by atoms with E-state index < -0.39 is 34.2 Å². The van der Waals surface area contributed by atoms with Gasteiger partial charge in [-0.15, -0.1) is 0 Å². The molecule has 2 rings (SSSR count). The quantitative estimate of drug-likeness (QED) is 0.257. The molecule has 2 unspecified atom stereocenters. The molecule has 6 nitrogen and oxygen atoms in total. The van der Waals surface area contributed by atoms with Crippen molar-refractivity contribution in [2.75, 3.05) is 13.2 Å². The summed E-state index contributed by atoms with van der Waals surface area (Å²) in [5, 5.41) is 3.40. The van der Waals surface area contributed by atoms with Crippen molar-refractivity contribution in [1.29, 1.82) is 0 Å². The summed E-state index contributed by atoms with van der Waals surface area (Å²) in [5.74, 6) is -0.230. The highest BCUT2D eigenvalue weighted by molar-refractivity contribution is 7.91. The minimum absolute atomic E-state index is 0.0816. The molecule has 9 heteroatoms. The SMILES string of the molecule is CC(=N[S+]([O-])C(C)(C)C)c1cc(F)cc2c1OC(CF)(CN=[N+]=[N-])C2. The number of fused-ring (bicyclic) bond motifs is 1. The minimum Gasteiger partial charge on any atom is -0.591 e. The summed E-state index contributed by atoms with van der Waals surface area (Å²) in [4.78, 5) is 2.64. The van der Waals surface area contributed by atoms with Crippen LogP contribution in [0.5, 0.6) is 5.75 Å². The molecule has 0 fully saturated rings. The summed E-state index contributed by atoms with van der Waals surface area (Å²) in [5.41, 5.74) is 8.26. The Labute approximate surface area is 148 Å². The Morgan fingerprint density at radius 2 is 2.16 bits per heavy atom. The van der Waals surface area contributed by atoms with Crippen LogP contribution in [0.3, 0.4) is 0 Å².